The first-order valence-corrected chi connectivity index (χ1v) is 8.59. The monoisotopic (exact) mass is 349 g/mol. The van der Waals surface area contributed by atoms with Gasteiger partial charge in [-0.15, -0.1) is 0 Å². The van der Waals surface area contributed by atoms with Gasteiger partial charge in [-0.2, -0.15) is 10.2 Å². The van der Waals surface area contributed by atoms with E-state index >= 15 is 0 Å². The van der Waals surface area contributed by atoms with Crippen LogP contribution in [0.1, 0.15) is 18.4 Å². The molecule has 0 aliphatic carbocycles. The second kappa shape index (κ2) is 7.06. The lowest BCUT2D eigenvalue weighted by Crippen LogP contribution is -2.26. The molecular formula is C20H19N3O3. The number of fused-ring (bicyclic) bond motifs is 1. The van der Waals surface area contributed by atoms with E-state index in [2.05, 4.69) is 16.0 Å². The van der Waals surface area contributed by atoms with Crippen molar-refractivity contribution in [3.05, 3.63) is 42.1 Å². The molecule has 1 aromatic carbocycles. The van der Waals surface area contributed by atoms with E-state index in [4.69, 9.17) is 14.2 Å². The van der Waals surface area contributed by atoms with Crippen LogP contribution in [0.5, 0.6) is 11.6 Å². The Hall–Kier alpha value is -3.04. The molecule has 4 rings (SSSR count). The van der Waals surface area contributed by atoms with Crippen LogP contribution in [0.2, 0.25) is 0 Å². The highest BCUT2D eigenvalue weighted by Crippen LogP contribution is 2.32. The fourth-order valence-electron chi connectivity index (χ4n) is 3.20. The second-order valence-electron chi connectivity index (χ2n) is 6.20. The number of nitrogens with one attached hydrogen (secondary N) is 1. The molecule has 2 aromatic heterocycles. The summed E-state index contributed by atoms with van der Waals surface area (Å²) in [5.74, 6) is 1.19. The van der Waals surface area contributed by atoms with E-state index in [-0.39, 0.29) is 6.10 Å². The minimum absolute atomic E-state index is 0.103. The molecule has 0 spiro atoms. The molecule has 0 radical (unpaired) electrons. The van der Waals surface area contributed by atoms with Gasteiger partial charge >= 0.3 is 0 Å². The zero-order chi connectivity index (χ0) is 17.9. The highest BCUT2D eigenvalue weighted by atomic mass is 16.5. The first-order valence-electron chi connectivity index (χ1n) is 8.59. The van der Waals surface area contributed by atoms with Crippen molar-refractivity contribution in [2.24, 2.45) is 0 Å². The van der Waals surface area contributed by atoms with Gasteiger partial charge in [0.1, 0.15) is 23.6 Å². The van der Waals surface area contributed by atoms with Crippen LogP contribution in [-0.2, 0) is 4.74 Å². The molecule has 26 heavy (non-hydrogen) atoms. The third kappa shape index (κ3) is 3.09. The Kier molecular flexibility index (Phi) is 4.46. The Labute approximate surface area is 151 Å². The molecule has 0 bridgehead atoms. The van der Waals surface area contributed by atoms with Crippen LogP contribution >= 0.6 is 0 Å². The van der Waals surface area contributed by atoms with Crippen LogP contribution in [0.4, 0.5) is 0 Å². The van der Waals surface area contributed by atoms with Gasteiger partial charge in [0, 0.05) is 36.1 Å². The Morgan fingerprint density at radius 3 is 2.85 bits per heavy atom. The summed E-state index contributed by atoms with van der Waals surface area (Å²) < 4.78 is 16.5. The summed E-state index contributed by atoms with van der Waals surface area (Å²) in [5, 5.41) is 10.5. The Balaban J connectivity index is 1.66. The molecule has 132 valence electrons. The SMILES string of the molecule is COc1ccc2c(-c3ccc(OC4CCOCC4)c(C#N)c3)c[nH]c2n1. The minimum atomic E-state index is 0.103. The maximum absolute atomic E-state index is 9.56. The lowest BCUT2D eigenvalue weighted by molar-refractivity contribution is 0.0254. The van der Waals surface area contributed by atoms with Crippen molar-refractivity contribution in [2.45, 2.75) is 18.9 Å². The Morgan fingerprint density at radius 1 is 1.23 bits per heavy atom. The number of hydrogen-bond donors (Lipinski definition) is 1. The first kappa shape index (κ1) is 16.4. The molecule has 3 heterocycles. The number of nitriles is 1. The van der Waals surface area contributed by atoms with Crippen molar-refractivity contribution in [2.75, 3.05) is 20.3 Å². The molecule has 0 amide bonds. The Bertz CT molecular complexity index is 968. The van der Waals surface area contributed by atoms with E-state index in [9.17, 15) is 5.26 Å². The average molecular weight is 349 g/mol. The number of nitrogens with zero attached hydrogens (tertiary/aromatic N) is 2. The van der Waals surface area contributed by atoms with E-state index < -0.39 is 0 Å². The summed E-state index contributed by atoms with van der Waals surface area (Å²) in [6.45, 7) is 1.41. The van der Waals surface area contributed by atoms with Crippen LogP contribution < -0.4 is 9.47 Å². The van der Waals surface area contributed by atoms with Crippen LogP contribution in [0.25, 0.3) is 22.2 Å². The minimum Gasteiger partial charge on any atom is -0.489 e. The molecule has 1 saturated heterocycles. The number of aromatic amines is 1. The zero-order valence-corrected chi connectivity index (χ0v) is 14.5. The van der Waals surface area contributed by atoms with Crippen molar-refractivity contribution >= 4 is 11.0 Å². The van der Waals surface area contributed by atoms with E-state index in [0.29, 0.717) is 30.4 Å². The quantitative estimate of drug-likeness (QED) is 0.777. The molecule has 0 atom stereocenters. The Morgan fingerprint density at radius 2 is 2.08 bits per heavy atom. The molecular weight excluding hydrogens is 330 g/mol. The van der Waals surface area contributed by atoms with Gasteiger partial charge in [-0.3, -0.25) is 0 Å². The maximum atomic E-state index is 9.56. The lowest BCUT2D eigenvalue weighted by atomic mass is 10.0. The molecule has 3 aromatic rings. The topological polar surface area (TPSA) is 80.2 Å². The number of H-pyrrole nitrogens is 1. The summed E-state index contributed by atoms with van der Waals surface area (Å²) in [4.78, 5) is 7.56. The average Bonchev–Trinajstić information content (AvgIpc) is 3.12. The summed E-state index contributed by atoms with van der Waals surface area (Å²) in [6.07, 6.45) is 3.70. The fraction of sp³-hybridized carbons (Fsp3) is 0.300. The zero-order valence-electron chi connectivity index (χ0n) is 14.5. The van der Waals surface area contributed by atoms with E-state index in [0.717, 1.165) is 35.0 Å². The smallest absolute Gasteiger partial charge is 0.214 e. The van der Waals surface area contributed by atoms with Gasteiger partial charge < -0.3 is 19.2 Å². The number of pyridine rings is 1. The van der Waals surface area contributed by atoms with Gasteiger partial charge in [-0.05, 0) is 23.8 Å². The number of benzene rings is 1. The molecule has 1 N–H and O–H groups in total. The van der Waals surface area contributed by atoms with Crippen molar-refractivity contribution in [3.8, 4) is 28.8 Å². The third-order valence-corrected chi connectivity index (χ3v) is 4.60. The normalized spacial score (nSPS) is 14.9. The van der Waals surface area contributed by atoms with Gasteiger partial charge in [0.05, 0.1) is 25.9 Å². The predicted molar refractivity (Wildman–Crippen MR) is 97.3 cm³/mol. The molecule has 1 fully saturated rings. The van der Waals surface area contributed by atoms with Gasteiger partial charge in [-0.25, -0.2) is 0 Å². The first-order chi connectivity index (χ1) is 12.8. The lowest BCUT2D eigenvalue weighted by Gasteiger charge is -2.23. The van der Waals surface area contributed by atoms with Crippen LogP contribution in [-0.4, -0.2) is 36.4 Å². The van der Waals surface area contributed by atoms with Crippen molar-refractivity contribution < 1.29 is 14.2 Å². The standard InChI is InChI=1S/C20H19N3O3/c1-24-19-5-3-16-17(12-22-20(16)23-19)13-2-4-18(14(10-13)11-21)26-15-6-8-25-9-7-15/h2-5,10,12,15H,6-9H2,1H3,(H,22,23). The molecule has 1 aliphatic rings. The van der Waals surface area contributed by atoms with Gasteiger partial charge in [0.2, 0.25) is 5.88 Å². The van der Waals surface area contributed by atoms with Gasteiger partial charge in [0.15, 0.2) is 0 Å². The van der Waals surface area contributed by atoms with E-state index in [1.54, 1.807) is 7.11 Å². The number of ether oxygens (including phenoxy) is 3. The fourth-order valence-corrected chi connectivity index (χ4v) is 3.20. The van der Waals surface area contributed by atoms with Crippen LogP contribution in [0.15, 0.2) is 36.5 Å². The summed E-state index contributed by atoms with van der Waals surface area (Å²) >= 11 is 0. The number of rotatable bonds is 4. The number of methoxy groups -OCH3 is 1. The molecule has 0 unspecified atom stereocenters. The molecule has 0 saturated carbocycles. The number of aromatic nitrogens is 2. The number of hydrogen-bond acceptors (Lipinski definition) is 5. The van der Waals surface area contributed by atoms with Gasteiger partial charge in [0.25, 0.3) is 0 Å². The van der Waals surface area contributed by atoms with E-state index in [1.165, 1.54) is 0 Å². The third-order valence-electron chi connectivity index (χ3n) is 4.60. The van der Waals surface area contributed by atoms with Crippen molar-refractivity contribution in [3.63, 3.8) is 0 Å². The summed E-state index contributed by atoms with van der Waals surface area (Å²) in [7, 11) is 1.59. The highest BCUT2D eigenvalue weighted by molar-refractivity contribution is 5.94. The second-order valence-corrected chi connectivity index (χ2v) is 6.20. The molecule has 6 nitrogen and oxygen atoms in total. The van der Waals surface area contributed by atoms with Crippen LogP contribution in [0, 0.1) is 11.3 Å². The maximum Gasteiger partial charge on any atom is 0.214 e. The van der Waals surface area contributed by atoms with E-state index in [1.807, 2.05) is 36.5 Å². The van der Waals surface area contributed by atoms with Crippen molar-refractivity contribution in [1.82, 2.24) is 9.97 Å². The molecule has 1 aliphatic heterocycles. The molecule has 6 heteroatoms. The largest absolute Gasteiger partial charge is 0.489 e. The highest BCUT2D eigenvalue weighted by Gasteiger charge is 2.18. The summed E-state index contributed by atoms with van der Waals surface area (Å²) in [5.41, 5.74) is 3.22. The van der Waals surface area contributed by atoms with Crippen LogP contribution in [0.3, 0.4) is 0 Å². The van der Waals surface area contributed by atoms with Crippen molar-refractivity contribution in [1.29, 1.82) is 5.26 Å². The van der Waals surface area contributed by atoms with Gasteiger partial charge in [-0.1, -0.05) is 6.07 Å². The predicted octanol–water partition coefficient (Wildman–Crippen LogP) is 3.67. The summed E-state index contributed by atoms with van der Waals surface area (Å²) in [6, 6.07) is 11.8.